The lowest BCUT2D eigenvalue weighted by atomic mass is 10.0. The first-order valence-electron chi connectivity index (χ1n) is 7.93. The average Bonchev–Trinajstić information content (AvgIpc) is 3.02. The van der Waals surface area contributed by atoms with Crippen LogP contribution < -0.4 is 0 Å². The second kappa shape index (κ2) is 6.66. The van der Waals surface area contributed by atoms with Gasteiger partial charge in [0.2, 0.25) is 5.91 Å². The van der Waals surface area contributed by atoms with E-state index in [0.717, 1.165) is 37.1 Å². The third kappa shape index (κ3) is 3.59. The van der Waals surface area contributed by atoms with E-state index in [-0.39, 0.29) is 11.9 Å². The molecule has 118 valence electrons. The molecule has 1 aromatic carbocycles. The van der Waals surface area contributed by atoms with Crippen molar-refractivity contribution >= 4 is 5.91 Å². The van der Waals surface area contributed by atoms with Gasteiger partial charge >= 0.3 is 0 Å². The second-order valence-corrected chi connectivity index (χ2v) is 6.12. The van der Waals surface area contributed by atoms with Crippen LogP contribution in [-0.2, 0) is 11.2 Å². The summed E-state index contributed by atoms with van der Waals surface area (Å²) in [4.78, 5) is 14.5. The summed E-state index contributed by atoms with van der Waals surface area (Å²) >= 11 is 0. The number of rotatable bonds is 3. The first-order valence-corrected chi connectivity index (χ1v) is 7.93. The highest BCUT2D eigenvalue weighted by molar-refractivity contribution is 5.79. The molecule has 1 aliphatic rings. The minimum absolute atomic E-state index is 0.142. The topological polar surface area (TPSA) is 61.9 Å². The maximum Gasteiger partial charge on any atom is 0.227 e. The fourth-order valence-electron chi connectivity index (χ4n) is 3.01. The minimum atomic E-state index is 0.142. The summed E-state index contributed by atoms with van der Waals surface area (Å²) in [6.45, 7) is 3.56. The molecule has 0 aliphatic carbocycles. The van der Waals surface area contributed by atoms with Gasteiger partial charge in [-0.1, -0.05) is 12.1 Å². The number of likely N-dealkylation sites (tertiary alicyclic amines) is 1. The lowest BCUT2D eigenvalue weighted by Gasteiger charge is -2.33. The molecular weight excluding hydrogens is 288 g/mol. The molecule has 1 atom stereocenters. The largest absolute Gasteiger partial charge is 0.340 e. The van der Waals surface area contributed by atoms with Gasteiger partial charge in [-0.25, -0.2) is 0 Å². The summed E-state index contributed by atoms with van der Waals surface area (Å²) in [6, 6.07) is 9.59. The zero-order valence-electron chi connectivity index (χ0n) is 13.3. The van der Waals surface area contributed by atoms with Crippen molar-refractivity contribution in [3.63, 3.8) is 0 Å². The van der Waals surface area contributed by atoms with Gasteiger partial charge in [0.1, 0.15) is 0 Å². The van der Waals surface area contributed by atoms with E-state index in [2.05, 4.69) is 11.2 Å². The van der Waals surface area contributed by atoms with Crippen LogP contribution in [0.4, 0.5) is 0 Å². The smallest absolute Gasteiger partial charge is 0.227 e. The normalized spacial score (nSPS) is 17.7. The van der Waals surface area contributed by atoms with Crippen molar-refractivity contribution in [2.24, 2.45) is 0 Å². The summed E-state index contributed by atoms with van der Waals surface area (Å²) in [5, 5.41) is 13.2. The van der Waals surface area contributed by atoms with Crippen molar-refractivity contribution in [1.82, 2.24) is 14.7 Å². The summed E-state index contributed by atoms with van der Waals surface area (Å²) in [7, 11) is 0. The number of carbonyl (C=O) groups is 1. The molecule has 3 rings (SSSR count). The number of aromatic nitrogens is 2. The molecule has 1 fully saturated rings. The summed E-state index contributed by atoms with van der Waals surface area (Å²) in [6.07, 6.45) is 6.35. The predicted octanol–water partition coefficient (Wildman–Crippen LogP) is 2.47. The Balaban J connectivity index is 1.63. The van der Waals surface area contributed by atoms with Gasteiger partial charge in [0, 0.05) is 19.3 Å². The van der Waals surface area contributed by atoms with E-state index in [0.29, 0.717) is 12.0 Å². The Morgan fingerprint density at radius 2 is 2.17 bits per heavy atom. The monoisotopic (exact) mass is 308 g/mol. The van der Waals surface area contributed by atoms with Gasteiger partial charge in [-0.2, -0.15) is 10.4 Å². The molecule has 5 heteroatoms. The molecule has 0 radical (unpaired) electrons. The molecule has 0 N–H and O–H groups in total. The van der Waals surface area contributed by atoms with Crippen LogP contribution in [0.15, 0.2) is 36.7 Å². The number of aryl methyl sites for hydroxylation is 1. The molecule has 0 spiro atoms. The molecule has 2 heterocycles. The van der Waals surface area contributed by atoms with Crippen molar-refractivity contribution in [1.29, 1.82) is 5.26 Å². The molecule has 0 saturated carbocycles. The Hall–Kier alpha value is -2.61. The number of benzene rings is 1. The fraction of sp³-hybridized carbons (Fsp3) is 0.389. The van der Waals surface area contributed by atoms with Crippen LogP contribution in [0.3, 0.4) is 0 Å². The van der Waals surface area contributed by atoms with Crippen LogP contribution in [0.1, 0.15) is 35.6 Å². The molecule has 0 bridgehead atoms. The van der Waals surface area contributed by atoms with Crippen LogP contribution in [0, 0.1) is 18.3 Å². The van der Waals surface area contributed by atoms with E-state index < -0.39 is 0 Å². The first-order chi connectivity index (χ1) is 11.2. The molecule has 2 aromatic rings. The summed E-state index contributed by atoms with van der Waals surface area (Å²) < 4.78 is 1.98. The van der Waals surface area contributed by atoms with Gasteiger partial charge in [-0.3, -0.25) is 9.48 Å². The second-order valence-electron chi connectivity index (χ2n) is 6.12. The zero-order valence-corrected chi connectivity index (χ0v) is 13.3. The highest BCUT2D eigenvalue weighted by Crippen LogP contribution is 2.22. The molecule has 1 amide bonds. The van der Waals surface area contributed by atoms with Crippen LogP contribution in [0.25, 0.3) is 0 Å². The maximum atomic E-state index is 12.5. The van der Waals surface area contributed by atoms with E-state index in [1.54, 1.807) is 12.1 Å². The lowest BCUT2D eigenvalue weighted by molar-refractivity contribution is -0.132. The van der Waals surface area contributed by atoms with E-state index in [1.807, 2.05) is 41.0 Å². The van der Waals surface area contributed by atoms with Crippen molar-refractivity contribution in [3.8, 4) is 6.07 Å². The van der Waals surface area contributed by atoms with Gasteiger partial charge < -0.3 is 4.90 Å². The molecule has 1 saturated heterocycles. The standard InChI is InChI=1S/C18H20N4O/c1-14-11-20-22(12-14)17-3-2-8-21(13-17)18(23)9-15-4-6-16(10-19)7-5-15/h4-7,11-12,17H,2-3,8-9,13H2,1H3/t17-/m0/s1. The van der Waals surface area contributed by atoms with E-state index >= 15 is 0 Å². The number of piperidine rings is 1. The summed E-state index contributed by atoms with van der Waals surface area (Å²) in [5.41, 5.74) is 2.71. The van der Waals surface area contributed by atoms with Gasteiger partial charge in [-0.15, -0.1) is 0 Å². The number of hydrogen-bond acceptors (Lipinski definition) is 3. The lowest BCUT2D eigenvalue weighted by Crippen LogP contribution is -2.41. The van der Waals surface area contributed by atoms with E-state index in [9.17, 15) is 4.79 Å². The number of nitrogens with zero attached hydrogens (tertiary/aromatic N) is 4. The quantitative estimate of drug-likeness (QED) is 0.875. The van der Waals surface area contributed by atoms with Crippen molar-refractivity contribution in [2.45, 2.75) is 32.2 Å². The number of amides is 1. The van der Waals surface area contributed by atoms with E-state index in [1.165, 1.54) is 0 Å². The van der Waals surface area contributed by atoms with Crippen molar-refractivity contribution in [2.75, 3.05) is 13.1 Å². The Kier molecular flexibility index (Phi) is 4.42. The number of hydrogen-bond donors (Lipinski definition) is 0. The van der Waals surface area contributed by atoms with Crippen LogP contribution in [0.5, 0.6) is 0 Å². The summed E-state index contributed by atoms with van der Waals surface area (Å²) in [5.74, 6) is 0.142. The van der Waals surface area contributed by atoms with Crippen LogP contribution in [0.2, 0.25) is 0 Å². The highest BCUT2D eigenvalue weighted by atomic mass is 16.2. The third-order valence-electron chi connectivity index (χ3n) is 4.29. The third-order valence-corrected chi connectivity index (χ3v) is 4.29. The fourth-order valence-corrected chi connectivity index (χ4v) is 3.01. The van der Waals surface area contributed by atoms with Crippen LogP contribution in [-0.4, -0.2) is 33.7 Å². The minimum Gasteiger partial charge on any atom is -0.340 e. The molecule has 23 heavy (non-hydrogen) atoms. The Morgan fingerprint density at radius 1 is 1.39 bits per heavy atom. The first kappa shape index (κ1) is 15.3. The predicted molar refractivity (Wildman–Crippen MR) is 86.7 cm³/mol. The molecule has 1 aromatic heterocycles. The Morgan fingerprint density at radius 3 is 2.83 bits per heavy atom. The Labute approximate surface area is 136 Å². The van der Waals surface area contributed by atoms with Gasteiger partial charge in [0.05, 0.1) is 30.3 Å². The van der Waals surface area contributed by atoms with Gasteiger partial charge in [0.25, 0.3) is 0 Å². The maximum absolute atomic E-state index is 12.5. The Bertz CT molecular complexity index is 726. The van der Waals surface area contributed by atoms with Crippen LogP contribution >= 0.6 is 0 Å². The number of nitriles is 1. The number of carbonyl (C=O) groups excluding carboxylic acids is 1. The molecule has 0 unspecified atom stereocenters. The van der Waals surface area contributed by atoms with Gasteiger partial charge in [-0.05, 0) is 43.0 Å². The van der Waals surface area contributed by atoms with Gasteiger partial charge in [0.15, 0.2) is 0 Å². The molecule has 1 aliphatic heterocycles. The zero-order chi connectivity index (χ0) is 16.2. The SMILES string of the molecule is Cc1cnn([C@H]2CCCN(C(=O)Cc3ccc(C#N)cc3)C2)c1. The molecular formula is C18H20N4O. The highest BCUT2D eigenvalue weighted by Gasteiger charge is 2.25. The van der Waals surface area contributed by atoms with Crippen molar-refractivity contribution in [3.05, 3.63) is 53.3 Å². The van der Waals surface area contributed by atoms with Crippen molar-refractivity contribution < 1.29 is 4.79 Å². The molecule has 5 nitrogen and oxygen atoms in total. The average molecular weight is 308 g/mol. The van der Waals surface area contributed by atoms with E-state index in [4.69, 9.17) is 5.26 Å².